The van der Waals surface area contributed by atoms with Gasteiger partial charge in [-0.15, -0.1) is 0 Å². The van der Waals surface area contributed by atoms with Gasteiger partial charge in [-0.2, -0.15) is 5.10 Å². The molecule has 2 aromatic heterocycles. The molecule has 1 aromatic carbocycles. The van der Waals surface area contributed by atoms with Gasteiger partial charge in [-0.1, -0.05) is 23.7 Å². The van der Waals surface area contributed by atoms with E-state index in [9.17, 15) is 4.79 Å². The molecule has 0 radical (unpaired) electrons. The van der Waals surface area contributed by atoms with E-state index < -0.39 is 0 Å². The van der Waals surface area contributed by atoms with Gasteiger partial charge in [0.15, 0.2) is 5.82 Å². The number of pyridine rings is 1. The van der Waals surface area contributed by atoms with Crippen LogP contribution in [0.2, 0.25) is 5.02 Å². The molecule has 3 rings (SSSR count). The van der Waals surface area contributed by atoms with E-state index in [-0.39, 0.29) is 5.91 Å². The monoisotopic (exact) mass is 312 g/mol. The summed E-state index contributed by atoms with van der Waals surface area (Å²) < 4.78 is 1.75. The summed E-state index contributed by atoms with van der Waals surface area (Å²) in [5.41, 5.74) is 1.51. The molecule has 0 spiro atoms. The minimum absolute atomic E-state index is 0.278. The number of rotatable bonds is 4. The zero-order valence-corrected chi connectivity index (χ0v) is 12.4. The standard InChI is InChI=1S/C16H13ClN4O/c17-14-4-2-1-3-13(14)16(22)19-15-7-10-21(20-15)11-12-5-8-18-9-6-12/h1-10H,11H2,(H,19,20,22). The predicted molar refractivity (Wildman–Crippen MR) is 85.0 cm³/mol. The molecule has 2 heterocycles. The van der Waals surface area contributed by atoms with Crippen molar-refractivity contribution in [3.05, 3.63) is 77.2 Å². The zero-order valence-electron chi connectivity index (χ0n) is 11.6. The van der Waals surface area contributed by atoms with E-state index in [0.29, 0.717) is 22.9 Å². The fourth-order valence-corrected chi connectivity index (χ4v) is 2.24. The van der Waals surface area contributed by atoms with Gasteiger partial charge in [0.1, 0.15) is 0 Å². The summed E-state index contributed by atoms with van der Waals surface area (Å²) in [5, 5.41) is 7.47. The van der Waals surface area contributed by atoms with Crippen molar-refractivity contribution in [1.29, 1.82) is 0 Å². The van der Waals surface area contributed by atoms with Crippen molar-refractivity contribution in [2.45, 2.75) is 6.54 Å². The Morgan fingerprint density at radius 1 is 1.14 bits per heavy atom. The minimum atomic E-state index is -0.278. The van der Waals surface area contributed by atoms with Gasteiger partial charge >= 0.3 is 0 Å². The van der Waals surface area contributed by atoms with Gasteiger partial charge in [-0.05, 0) is 29.8 Å². The van der Waals surface area contributed by atoms with Gasteiger partial charge in [0.25, 0.3) is 5.91 Å². The first-order valence-electron chi connectivity index (χ1n) is 6.70. The van der Waals surface area contributed by atoms with Gasteiger partial charge in [-0.25, -0.2) is 0 Å². The van der Waals surface area contributed by atoms with Crippen molar-refractivity contribution < 1.29 is 4.79 Å². The van der Waals surface area contributed by atoms with Crippen molar-refractivity contribution in [2.24, 2.45) is 0 Å². The molecule has 0 unspecified atom stereocenters. The van der Waals surface area contributed by atoms with Crippen molar-refractivity contribution in [3.8, 4) is 0 Å². The lowest BCUT2D eigenvalue weighted by Gasteiger charge is -2.04. The summed E-state index contributed by atoms with van der Waals surface area (Å²) in [5.74, 6) is 0.207. The number of carbonyl (C=O) groups is 1. The number of halogens is 1. The average molecular weight is 313 g/mol. The van der Waals surface area contributed by atoms with Crippen LogP contribution < -0.4 is 5.32 Å². The number of benzene rings is 1. The molecule has 22 heavy (non-hydrogen) atoms. The molecule has 0 fully saturated rings. The highest BCUT2D eigenvalue weighted by molar-refractivity contribution is 6.34. The number of hydrogen-bond acceptors (Lipinski definition) is 3. The lowest BCUT2D eigenvalue weighted by Crippen LogP contribution is -2.13. The highest BCUT2D eigenvalue weighted by atomic mass is 35.5. The average Bonchev–Trinajstić information content (AvgIpc) is 2.95. The van der Waals surface area contributed by atoms with Crippen LogP contribution in [0.1, 0.15) is 15.9 Å². The number of hydrogen-bond donors (Lipinski definition) is 1. The van der Waals surface area contributed by atoms with Crippen molar-refractivity contribution in [3.63, 3.8) is 0 Å². The molecule has 3 aromatic rings. The molecule has 0 aliphatic carbocycles. The molecule has 0 aliphatic rings. The number of nitrogens with zero attached hydrogens (tertiary/aromatic N) is 3. The second-order valence-corrected chi connectivity index (χ2v) is 5.10. The Kier molecular flexibility index (Phi) is 4.16. The molecule has 6 heteroatoms. The molecule has 0 bridgehead atoms. The summed E-state index contributed by atoms with van der Waals surface area (Å²) in [4.78, 5) is 16.1. The largest absolute Gasteiger partial charge is 0.305 e. The van der Waals surface area contributed by atoms with E-state index in [1.165, 1.54) is 0 Å². The molecule has 0 saturated heterocycles. The van der Waals surface area contributed by atoms with Crippen molar-refractivity contribution in [2.75, 3.05) is 5.32 Å². The first-order valence-corrected chi connectivity index (χ1v) is 7.08. The first kappa shape index (κ1) is 14.3. The second kappa shape index (κ2) is 6.41. The van der Waals surface area contributed by atoms with Gasteiger partial charge in [0, 0.05) is 24.7 Å². The van der Waals surface area contributed by atoms with Gasteiger partial charge < -0.3 is 5.32 Å². The zero-order chi connectivity index (χ0) is 15.4. The third kappa shape index (κ3) is 3.32. The van der Waals surface area contributed by atoms with E-state index in [0.717, 1.165) is 5.56 Å². The number of aromatic nitrogens is 3. The highest BCUT2D eigenvalue weighted by Crippen LogP contribution is 2.16. The molecule has 0 atom stereocenters. The van der Waals surface area contributed by atoms with Crippen LogP contribution in [0.25, 0.3) is 0 Å². The smallest absolute Gasteiger partial charge is 0.258 e. The van der Waals surface area contributed by atoms with Crippen LogP contribution in [0, 0.1) is 0 Å². The third-order valence-corrected chi connectivity index (χ3v) is 3.42. The Balaban J connectivity index is 1.69. The normalized spacial score (nSPS) is 10.4. The Morgan fingerprint density at radius 2 is 1.91 bits per heavy atom. The number of carbonyl (C=O) groups excluding carboxylic acids is 1. The maximum atomic E-state index is 12.1. The third-order valence-electron chi connectivity index (χ3n) is 3.09. The van der Waals surface area contributed by atoms with E-state index >= 15 is 0 Å². The topological polar surface area (TPSA) is 59.8 Å². The van der Waals surface area contributed by atoms with Crippen LogP contribution in [0.4, 0.5) is 5.82 Å². The second-order valence-electron chi connectivity index (χ2n) is 4.69. The van der Waals surface area contributed by atoms with Gasteiger partial charge in [-0.3, -0.25) is 14.5 Å². The number of nitrogens with one attached hydrogen (secondary N) is 1. The molecule has 110 valence electrons. The van der Waals surface area contributed by atoms with Crippen molar-refractivity contribution >= 4 is 23.3 Å². The maximum Gasteiger partial charge on any atom is 0.258 e. The van der Waals surface area contributed by atoms with Crippen LogP contribution in [0.5, 0.6) is 0 Å². The highest BCUT2D eigenvalue weighted by Gasteiger charge is 2.11. The maximum absolute atomic E-state index is 12.1. The Morgan fingerprint density at radius 3 is 2.68 bits per heavy atom. The van der Waals surface area contributed by atoms with E-state index in [2.05, 4.69) is 15.4 Å². The fraction of sp³-hybridized carbons (Fsp3) is 0.0625. The molecule has 5 nitrogen and oxygen atoms in total. The Labute approximate surface area is 132 Å². The van der Waals surface area contributed by atoms with Gasteiger partial charge in [0.05, 0.1) is 17.1 Å². The van der Waals surface area contributed by atoms with E-state index in [1.54, 1.807) is 47.4 Å². The van der Waals surface area contributed by atoms with Crippen LogP contribution in [-0.4, -0.2) is 20.7 Å². The first-order chi connectivity index (χ1) is 10.7. The summed E-state index contributed by atoms with van der Waals surface area (Å²) in [7, 11) is 0. The summed E-state index contributed by atoms with van der Waals surface area (Å²) in [6, 6.07) is 12.5. The van der Waals surface area contributed by atoms with Gasteiger partial charge in [0.2, 0.25) is 0 Å². The van der Waals surface area contributed by atoms with E-state index in [4.69, 9.17) is 11.6 Å². The van der Waals surface area contributed by atoms with Crippen LogP contribution in [0.3, 0.4) is 0 Å². The molecular formula is C16H13ClN4O. The van der Waals surface area contributed by atoms with Crippen LogP contribution in [0.15, 0.2) is 61.1 Å². The lowest BCUT2D eigenvalue weighted by atomic mass is 10.2. The Hall–Kier alpha value is -2.66. The summed E-state index contributed by atoms with van der Waals surface area (Å²) >= 11 is 6.01. The van der Waals surface area contributed by atoms with Crippen LogP contribution >= 0.6 is 11.6 Å². The number of amides is 1. The minimum Gasteiger partial charge on any atom is -0.305 e. The Bertz CT molecular complexity index is 786. The van der Waals surface area contributed by atoms with Crippen molar-refractivity contribution in [1.82, 2.24) is 14.8 Å². The molecular weight excluding hydrogens is 300 g/mol. The molecule has 1 N–H and O–H groups in total. The molecule has 1 amide bonds. The molecule has 0 saturated carbocycles. The van der Waals surface area contributed by atoms with Crippen LogP contribution in [-0.2, 0) is 6.54 Å². The summed E-state index contributed by atoms with van der Waals surface area (Å²) in [6.45, 7) is 0.616. The lowest BCUT2D eigenvalue weighted by molar-refractivity contribution is 0.102. The fourth-order valence-electron chi connectivity index (χ4n) is 2.02. The number of anilines is 1. The molecule has 0 aliphatic heterocycles. The SMILES string of the molecule is O=C(Nc1ccn(Cc2ccncc2)n1)c1ccccc1Cl. The predicted octanol–water partition coefficient (Wildman–Crippen LogP) is 3.23. The van der Waals surface area contributed by atoms with E-state index in [1.807, 2.05) is 18.3 Å². The summed E-state index contributed by atoms with van der Waals surface area (Å²) in [6.07, 6.45) is 5.28. The quantitative estimate of drug-likeness (QED) is 0.804.